The van der Waals surface area contributed by atoms with Crippen LogP contribution in [0.3, 0.4) is 0 Å². The monoisotopic (exact) mass is 287 g/mol. The first kappa shape index (κ1) is 15.2. The number of esters is 1. The molecule has 0 aliphatic heterocycles. The molecule has 2 atom stereocenters. The summed E-state index contributed by atoms with van der Waals surface area (Å²) in [4.78, 5) is 12.2. The van der Waals surface area contributed by atoms with E-state index in [9.17, 15) is 9.18 Å². The SMILES string of the molecule is COC(=O)[C@H](c1ccccc1)[C@@H](CN)c1ccc(F)cc1. The Morgan fingerprint density at radius 2 is 1.71 bits per heavy atom. The quantitative estimate of drug-likeness (QED) is 0.860. The number of hydrogen-bond acceptors (Lipinski definition) is 3. The van der Waals surface area contributed by atoms with Gasteiger partial charge in [0.1, 0.15) is 5.82 Å². The molecule has 0 amide bonds. The molecule has 0 fully saturated rings. The lowest BCUT2D eigenvalue weighted by Gasteiger charge is -2.25. The summed E-state index contributed by atoms with van der Waals surface area (Å²) in [7, 11) is 1.36. The molecule has 4 heteroatoms. The fraction of sp³-hybridized carbons (Fsp3) is 0.235. The number of carbonyl (C=O) groups excluding carboxylic acids is 1. The first-order valence-electron chi connectivity index (χ1n) is 6.75. The van der Waals surface area contributed by atoms with E-state index in [1.54, 1.807) is 12.1 Å². The highest BCUT2D eigenvalue weighted by atomic mass is 19.1. The summed E-state index contributed by atoms with van der Waals surface area (Å²) < 4.78 is 18.0. The predicted molar refractivity (Wildman–Crippen MR) is 79.4 cm³/mol. The van der Waals surface area contributed by atoms with Gasteiger partial charge in [-0.25, -0.2) is 4.39 Å². The third-order valence-corrected chi connectivity index (χ3v) is 3.57. The molecule has 0 saturated heterocycles. The van der Waals surface area contributed by atoms with Crippen LogP contribution >= 0.6 is 0 Å². The minimum absolute atomic E-state index is 0.263. The van der Waals surface area contributed by atoms with Gasteiger partial charge in [0, 0.05) is 12.5 Å². The van der Waals surface area contributed by atoms with Crippen molar-refractivity contribution in [2.75, 3.05) is 13.7 Å². The Bertz CT molecular complexity index is 583. The van der Waals surface area contributed by atoms with Crippen molar-refractivity contribution in [3.8, 4) is 0 Å². The number of methoxy groups -OCH3 is 1. The Kier molecular flexibility index (Phi) is 5.06. The summed E-state index contributed by atoms with van der Waals surface area (Å²) in [5.41, 5.74) is 7.53. The predicted octanol–water partition coefficient (Wildman–Crippen LogP) is 2.82. The maximum absolute atomic E-state index is 13.1. The number of ether oxygens (including phenoxy) is 1. The zero-order valence-electron chi connectivity index (χ0n) is 11.8. The first-order chi connectivity index (χ1) is 10.2. The number of rotatable bonds is 5. The molecule has 0 heterocycles. The van der Waals surface area contributed by atoms with Crippen LogP contribution in [-0.2, 0) is 9.53 Å². The van der Waals surface area contributed by atoms with E-state index in [0.29, 0.717) is 0 Å². The lowest BCUT2D eigenvalue weighted by atomic mass is 9.81. The van der Waals surface area contributed by atoms with Gasteiger partial charge in [0.2, 0.25) is 0 Å². The second kappa shape index (κ2) is 6.99. The van der Waals surface area contributed by atoms with E-state index in [4.69, 9.17) is 10.5 Å². The molecule has 2 rings (SSSR count). The molecule has 0 saturated carbocycles. The van der Waals surface area contributed by atoms with E-state index in [-0.39, 0.29) is 24.2 Å². The van der Waals surface area contributed by atoms with Crippen molar-refractivity contribution in [1.29, 1.82) is 0 Å². The third kappa shape index (κ3) is 3.47. The van der Waals surface area contributed by atoms with Gasteiger partial charge in [0.05, 0.1) is 13.0 Å². The molecule has 21 heavy (non-hydrogen) atoms. The van der Waals surface area contributed by atoms with Crippen LogP contribution in [0.2, 0.25) is 0 Å². The Hall–Kier alpha value is -2.20. The number of hydrogen-bond donors (Lipinski definition) is 1. The minimum atomic E-state index is -0.508. The van der Waals surface area contributed by atoms with Gasteiger partial charge in [-0.2, -0.15) is 0 Å². The molecule has 0 aromatic heterocycles. The number of benzene rings is 2. The van der Waals surface area contributed by atoms with Gasteiger partial charge in [0.15, 0.2) is 0 Å². The fourth-order valence-electron chi connectivity index (χ4n) is 2.49. The van der Waals surface area contributed by atoms with Crippen molar-refractivity contribution in [2.24, 2.45) is 5.73 Å². The van der Waals surface area contributed by atoms with E-state index in [1.807, 2.05) is 30.3 Å². The Morgan fingerprint density at radius 3 is 2.24 bits per heavy atom. The summed E-state index contributed by atoms with van der Waals surface area (Å²) in [6, 6.07) is 15.4. The van der Waals surface area contributed by atoms with Gasteiger partial charge < -0.3 is 10.5 Å². The van der Waals surface area contributed by atoms with E-state index in [2.05, 4.69) is 0 Å². The van der Waals surface area contributed by atoms with Crippen molar-refractivity contribution in [3.63, 3.8) is 0 Å². The van der Waals surface area contributed by atoms with E-state index in [1.165, 1.54) is 19.2 Å². The molecule has 0 aliphatic rings. The molecule has 2 N–H and O–H groups in total. The Morgan fingerprint density at radius 1 is 1.10 bits per heavy atom. The van der Waals surface area contributed by atoms with Crippen LogP contribution < -0.4 is 5.73 Å². The summed E-state index contributed by atoms with van der Waals surface area (Å²) in [5, 5.41) is 0. The lowest BCUT2D eigenvalue weighted by Crippen LogP contribution is -2.27. The highest BCUT2D eigenvalue weighted by Gasteiger charge is 2.31. The van der Waals surface area contributed by atoms with Crippen molar-refractivity contribution in [1.82, 2.24) is 0 Å². The molecule has 0 unspecified atom stereocenters. The third-order valence-electron chi connectivity index (χ3n) is 3.57. The average molecular weight is 287 g/mol. The summed E-state index contributed by atoms with van der Waals surface area (Å²) in [5.74, 6) is -1.43. The lowest BCUT2D eigenvalue weighted by molar-refractivity contribution is -0.143. The first-order valence-corrected chi connectivity index (χ1v) is 6.75. The molecule has 0 spiro atoms. The molecular weight excluding hydrogens is 269 g/mol. The molecular formula is C17H18FNO2. The smallest absolute Gasteiger partial charge is 0.313 e. The largest absolute Gasteiger partial charge is 0.469 e. The van der Waals surface area contributed by atoms with Crippen LogP contribution in [-0.4, -0.2) is 19.6 Å². The van der Waals surface area contributed by atoms with E-state index < -0.39 is 5.92 Å². The number of nitrogens with two attached hydrogens (primary N) is 1. The Labute approximate surface area is 123 Å². The topological polar surface area (TPSA) is 52.3 Å². The van der Waals surface area contributed by atoms with Crippen LogP contribution in [0.15, 0.2) is 54.6 Å². The van der Waals surface area contributed by atoms with Crippen LogP contribution in [0.4, 0.5) is 4.39 Å². The minimum Gasteiger partial charge on any atom is -0.469 e. The van der Waals surface area contributed by atoms with Crippen molar-refractivity contribution in [3.05, 3.63) is 71.5 Å². The second-order valence-electron chi connectivity index (χ2n) is 4.81. The van der Waals surface area contributed by atoms with Crippen LogP contribution in [0.25, 0.3) is 0 Å². The maximum atomic E-state index is 13.1. The van der Waals surface area contributed by atoms with Gasteiger partial charge in [-0.15, -0.1) is 0 Å². The molecule has 0 aliphatic carbocycles. The molecule has 0 bridgehead atoms. The average Bonchev–Trinajstić information content (AvgIpc) is 2.53. The molecule has 3 nitrogen and oxygen atoms in total. The van der Waals surface area contributed by atoms with Crippen LogP contribution in [0, 0.1) is 5.82 Å². The number of carbonyl (C=O) groups is 1. The zero-order chi connectivity index (χ0) is 15.2. The summed E-state index contributed by atoms with van der Waals surface area (Å²) in [6.07, 6.45) is 0. The summed E-state index contributed by atoms with van der Waals surface area (Å²) in [6.45, 7) is 0.264. The number of halogens is 1. The molecule has 2 aromatic rings. The van der Waals surface area contributed by atoms with Crippen molar-refractivity contribution in [2.45, 2.75) is 11.8 Å². The second-order valence-corrected chi connectivity index (χ2v) is 4.81. The van der Waals surface area contributed by atoms with E-state index in [0.717, 1.165) is 11.1 Å². The molecule has 2 aromatic carbocycles. The highest BCUT2D eigenvalue weighted by Crippen LogP contribution is 2.33. The van der Waals surface area contributed by atoms with Gasteiger partial charge in [-0.05, 0) is 23.3 Å². The van der Waals surface area contributed by atoms with Gasteiger partial charge in [-0.3, -0.25) is 4.79 Å². The highest BCUT2D eigenvalue weighted by molar-refractivity contribution is 5.79. The maximum Gasteiger partial charge on any atom is 0.313 e. The normalized spacial score (nSPS) is 13.5. The van der Waals surface area contributed by atoms with Gasteiger partial charge in [0.25, 0.3) is 0 Å². The molecule has 0 radical (unpaired) electrons. The van der Waals surface area contributed by atoms with Crippen molar-refractivity contribution >= 4 is 5.97 Å². The fourth-order valence-corrected chi connectivity index (χ4v) is 2.49. The van der Waals surface area contributed by atoms with Crippen LogP contribution in [0.1, 0.15) is 23.0 Å². The van der Waals surface area contributed by atoms with Crippen LogP contribution in [0.5, 0.6) is 0 Å². The summed E-state index contributed by atoms with van der Waals surface area (Å²) >= 11 is 0. The van der Waals surface area contributed by atoms with E-state index >= 15 is 0 Å². The van der Waals surface area contributed by atoms with Crippen molar-refractivity contribution < 1.29 is 13.9 Å². The molecule has 110 valence electrons. The van der Waals surface area contributed by atoms with Gasteiger partial charge >= 0.3 is 5.97 Å². The standard InChI is InChI=1S/C17H18FNO2/c1-21-17(20)16(13-5-3-2-4-6-13)15(11-19)12-7-9-14(18)10-8-12/h2-10,15-16H,11,19H2,1H3/t15-,16+/m0/s1. The zero-order valence-corrected chi connectivity index (χ0v) is 11.8. The Balaban J connectivity index is 2.42. The van der Waals surface area contributed by atoms with Gasteiger partial charge in [-0.1, -0.05) is 42.5 Å².